The first kappa shape index (κ1) is 9.67. The number of hydrogen-bond donors (Lipinski definition) is 2. The van der Waals surface area contributed by atoms with E-state index in [9.17, 15) is 0 Å². The Labute approximate surface area is 81.5 Å². The number of aryl methyl sites for hydroxylation is 1. The largest absolute Gasteiger partial charge is 0.262 e. The van der Waals surface area contributed by atoms with Crippen molar-refractivity contribution >= 4 is 24.4 Å². The van der Waals surface area contributed by atoms with Crippen molar-refractivity contribution in [2.24, 2.45) is 0 Å². The number of thiol groups is 1. The summed E-state index contributed by atoms with van der Waals surface area (Å²) in [7, 11) is 0. The van der Waals surface area contributed by atoms with Gasteiger partial charge in [-0.3, -0.25) is 5.10 Å². The lowest BCUT2D eigenvalue weighted by molar-refractivity contribution is 0.971. The van der Waals surface area contributed by atoms with E-state index in [4.69, 9.17) is 0 Å². The molecule has 5 heteroatoms. The van der Waals surface area contributed by atoms with Crippen LogP contribution in [-0.2, 0) is 0 Å². The van der Waals surface area contributed by atoms with E-state index in [-0.39, 0.29) is 0 Å². The minimum atomic E-state index is 0.785. The van der Waals surface area contributed by atoms with Crippen molar-refractivity contribution in [3.05, 3.63) is 18.0 Å². The van der Waals surface area contributed by atoms with Crippen molar-refractivity contribution in [2.75, 3.05) is 11.5 Å². The second-order valence-corrected chi connectivity index (χ2v) is 3.52. The molecule has 0 bridgehead atoms. The highest BCUT2D eigenvalue weighted by atomic mass is 32.2. The lowest BCUT2D eigenvalue weighted by Crippen LogP contribution is -1.77. The molecule has 0 radical (unpaired) electrons. The Hall–Kier alpha value is -0.420. The fourth-order valence-corrected chi connectivity index (χ4v) is 1.49. The SMILES string of the molecule is Cc1nc(SCC=CCS)n[nH]1. The lowest BCUT2D eigenvalue weighted by atomic mass is 10.6. The van der Waals surface area contributed by atoms with Crippen molar-refractivity contribution in [3.63, 3.8) is 0 Å². The summed E-state index contributed by atoms with van der Waals surface area (Å²) >= 11 is 5.66. The number of rotatable bonds is 4. The fraction of sp³-hybridized carbons (Fsp3) is 0.429. The molecule has 0 unspecified atom stereocenters. The van der Waals surface area contributed by atoms with Crippen LogP contribution in [0.5, 0.6) is 0 Å². The number of nitrogens with one attached hydrogen (secondary N) is 1. The van der Waals surface area contributed by atoms with Crippen molar-refractivity contribution in [1.29, 1.82) is 0 Å². The summed E-state index contributed by atoms with van der Waals surface area (Å²) in [5, 5.41) is 7.58. The summed E-state index contributed by atoms with van der Waals surface area (Å²) in [6.07, 6.45) is 4.07. The molecule has 0 aliphatic rings. The highest BCUT2D eigenvalue weighted by Gasteiger charge is 1.96. The predicted octanol–water partition coefficient (Wildman–Crippen LogP) is 1.69. The third-order valence-electron chi connectivity index (χ3n) is 1.16. The van der Waals surface area contributed by atoms with Gasteiger partial charge < -0.3 is 0 Å². The molecule has 0 aromatic carbocycles. The molecule has 0 fully saturated rings. The quantitative estimate of drug-likeness (QED) is 0.442. The minimum absolute atomic E-state index is 0.785. The van der Waals surface area contributed by atoms with Crippen LogP contribution < -0.4 is 0 Å². The Morgan fingerprint density at radius 1 is 1.58 bits per heavy atom. The molecule has 0 aliphatic carbocycles. The van der Waals surface area contributed by atoms with Crippen molar-refractivity contribution in [1.82, 2.24) is 15.2 Å². The molecular weight excluding hydrogens is 190 g/mol. The molecule has 1 aromatic heterocycles. The number of nitrogens with zero attached hydrogens (tertiary/aromatic N) is 2. The van der Waals surface area contributed by atoms with E-state index >= 15 is 0 Å². The Balaban J connectivity index is 2.28. The zero-order chi connectivity index (χ0) is 8.81. The maximum absolute atomic E-state index is 4.15. The second kappa shape index (κ2) is 5.27. The smallest absolute Gasteiger partial charge is 0.208 e. The summed E-state index contributed by atoms with van der Waals surface area (Å²) < 4.78 is 0. The Bertz CT molecular complexity index is 257. The van der Waals surface area contributed by atoms with Crippen LogP contribution in [0.2, 0.25) is 0 Å². The van der Waals surface area contributed by atoms with Crippen molar-refractivity contribution in [3.8, 4) is 0 Å². The van der Waals surface area contributed by atoms with Crippen LogP contribution >= 0.6 is 24.4 Å². The summed E-state index contributed by atoms with van der Waals surface area (Å²) in [6.45, 7) is 1.89. The fourth-order valence-electron chi connectivity index (χ4n) is 0.652. The Morgan fingerprint density at radius 3 is 3.00 bits per heavy atom. The first-order valence-corrected chi connectivity index (χ1v) is 5.22. The first-order valence-electron chi connectivity index (χ1n) is 3.60. The number of H-pyrrole nitrogens is 1. The molecule has 1 aromatic rings. The third kappa shape index (κ3) is 3.32. The van der Waals surface area contributed by atoms with Crippen molar-refractivity contribution in [2.45, 2.75) is 12.1 Å². The van der Waals surface area contributed by atoms with E-state index in [1.807, 2.05) is 13.0 Å². The summed E-state index contributed by atoms with van der Waals surface area (Å²) in [5.74, 6) is 2.54. The van der Waals surface area contributed by atoms with E-state index < -0.39 is 0 Å². The van der Waals surface area contributed by atoms with Gasteiger partial charge in [0.25, 0.3) is 0 Å². The Morgan fingerprint density at radius 2 is 2.42 bits per heavy atom. The first-order chi connectivity index (χ1) is 5.83. The summed E-state index contributed by atoms with van der Waals surface area (Å²) in [4.78, 5) is 4.15. The van der Waals surface area contributed by atoms with Crippen LogP contribution in [-0.4, -0.2) is 26.7 Å². The van der Waals surface area contributed by atoms with E-state index in [1.54, 1.807) is 11.8 Å². The minimum Gasteiger partial charge on any atom is -0.262 e. The number of thioether (sulfide) groups is 1. The van der Waals surface area contributed by atoms with Gasteiger partial charge in [0.1, 0.15) is 5.82 Å². The molecule has 66 valence electrons. The molecule has 0 atom stereocenters. The Kier molecular flexibility index (Phi) is 4.24. The average molecular weight is 201 g/mol. The normalized spacial score (nSPS) is 11.2. The number of hydrogen-bond acceptors (Lipinski definition) is 4. The number of aromatic amines is 1. The van der Waals surface area contributed by atoms with Crippen molar-refractivity contribution < 1.29 is 0 Å². The van der Waals surface area contributed by atoms with Crippen LogP contribution in [0.15, 0.2) is 17.3 Å². The van der Waals surface area contributed by atoms with Gasteiger partial charge in [-0.1, -0.05) is 23.9 Å². The maximum atomic E-state index is 4.15. The molecule has 0 saturated heterocycles. The molecular formula is C7H11N3S2. The lowest BCUT2D eigenvalue weighted by Gasteiger charge is -1.87. The summed E-state index contributed by atoms with van der Waals surface area (Å²) in [5.41, 5.74) is 0. The van der Waals surface area contributed by atoms with E-state index in [2.05, 4.69) is 33.9 Å². The monoisotopic (exact) mass is 201 g/mol. The summed E-state index contributed by atoms with van der Waals surface area (Å²) in [6, 6.07) is 0. The van der Waals surface area contributed by atoms with Gasteiger partial charge in [-0.15, -0.1) is 5.10 Å². The van der Waals surface area contributed by atoms with Crippen LogP contribution in [0.3, 0.4) is 0 Å². The van der Waals surface area contributed by atoms with Gasteiger partial charge in [-0.25, -0.2) is 4.98 Å². The van der Waals surface area contributed by atoms with Crippen LogP contribution in [0.1, 0.15) is 5.82 Å². The van der Waals surface area contributed by atoms with Gasteiger partial charge in [-0.05, 0) is 6.92 Å². The maximum Gasteiger partial charge on any atom is 0.208 e. The van der Waals surface area contributed by atoms with Gasteiger partial charge in [0.15, 0.2) is 0 Å². The molecule has 0 aliphatic heterocycles. The predicted molar refractivity (Wildman–Crippen MR) is 54.8 cm³/mol. The van der Waals surface area contributed by atoms with Gasteiger partial charge in [0.2, 0.25) is 5.16 Å². The second-order valence-electron chi connectivity index (χ2n) is 2.17. The van der Waals surface area contributed by atoms with E-state index in [0.29, 0.717) is 0 Å². The average Bonchev–Trinajstić information content (AvgIpc) is 2.45. The van der Waals surface area contributed by atoms with Crippen LogP contribution in [0.4, 0.5) is 0 Å². The standard InChI is InChI=1S/C7H11N3S2/c1-6-8-7(10-9-6)12-5-3-2-4-11/h2-3,11H,4-5H2,1H3,(H,8,9,10). The molecule has 0 amide bonds. The number of aromatic nitrogens is 3. The molecule has 12 heavy (non-hydrogen) atoms. The van der Waals surface area contributed by atoms with Gasteiger partial charge in [-0.2, -0.15) is 12.6 Å². The zero-order valence-corrected chi connectivity index (χ0v) is 8.53. The molecule has 1 rings (SSSR count). The topological polar surface area (TPSA) is 41.6 Å². The van der Waals surface area contributed by atoms with E-state index in [1.165, 1.54) is 0 Å². The highest BCUT2D eigenvalue weighted by Crippen LogP contribution is 2.11. The van der Waals surface area contributed by atoms with Crippen LogP contribution in [0.25, 0.3) is 0 Å². The highest BCUT2D eigenvalue weighted by molar-refractivity contribution is 7.99. The van der Waals surface area contributed by atoms with Gasteiger partial charge in [0.05, 0.1) is 0 Å². The van der Waals surface area contributed by atoms with Gasteiger partial charge >= 0.3 is 0 Å². The molecule has 1 heterocycles. The molecule has 0 saturated carbocycles. The molecule has 1 N–H and O–H groups in total. The van der Waals surface area contributed by atoms with Gasteiger partial charge in [0, 0.05) is 11.5 Å². The van der Waals surface area contributed by atoms with Crippen LogP contribution in [0, 0.1) is 6.92 Å². The molecule has 0 spiro atoms. The molecule has 3 nitrogen and oxygen atoms in total. The zero-order valence-electron chi connectivity index (χ0n) is 6.82. The third-order valence-corrected chi connectivity index (χ3v) is 2.17. The van der Waals surface area contributed by atoms with E-state index in [0.717, 1.165) is 22.5 Å².